The molecule has 33 heavy (non-hydrogen) atoms. The molecule has 0 saturated carbocycles. The number of carboxylic acid groups (broad SMARTS) is 1. The van der Waals surface area contributed by atoms with Gasteiger partial charge in [0, 0.05) is 18.2 Å². The second kappa shape index (κ2) is 10.4. The van der Waals surface area contributed by atoms with Crippen LogP contribution < -0.4 is 10.1 Å². The average molecular weight is 464 g/mol. The number of amides is 1. The van der Waals surface area contributed by atoms with Crippen LogP contribution in [-0.4, -0.2) is 42.7 Å². The van der Waals surface area contributed by atoms with Crippen LogP contribution in [0, 0.1) is 0 Å². The van der Waals surface area contributed by atoms with Gasteiger partial charge in [-0.3, -0.25) is 4.79 Å². The van der Waals surface area contributed by atoms with E-state index in [1.54, 1.807) is 7.11 Å². The van der Waals surface area contributed by atoms with E-state index in [2.05, 4.69) is 29.6 Å². The molecule has 0 saturated heterocycles. The lowest BCUT2D eigenvalue weighted by molar-refractivity contribution is -0.136. The minimum atomic E-state index is -0.979. The Kier molecular flexibility index (Phi) is 7.19. The van der Waals surface area contributed by atoms with E-state index in [1.807, 2.05) is 48.5 Å². The summed E-state index contributed by atoms with van der Waals surface area (Å²) in [7, 11) is 1.60. The summed E-state index contributed by atoms with van der Waals surface area (Å²) >= 11 is 1.25. The lowest BCUT2D eigenvalue weighted by Crippen LogP contribution is -2.35. The molecule has 0 fully saturated rings. The average Bonchev–Trinajstić information content (AvgIpc) is 3.16. The van der Waals surface area contributed by atoms with Gasteiger partial charge in [0.15, 0.2) is 0 Å². The Balaban J connectivity index is 1.30. The molecular weight excluding hydrogens is 438 g/mol. The number of carbonyl (C=O) groups is 2. The zero-order valence-corrected chi connectivity index (χ0v) is 19.0. The molecule has 0 spiro atoms. The number of hydrogen-bond acceptors (Lipinski definition) is 5. The monoisotopic (exact) mass is 463 g/mol. The quantitative estimate of drug-likeness (QED) is 0.469. The molecule has 0 heterocycles. The Hall–Kier alpha value is -3.45. The van der Waals surface area contributed by atoms with E-state index in [1.165, 1.54) is 11.8 Å². The number of fused-ring (bicyclic) bond motifs is 3. The van der Waals surface area contributed by atoms with Gasteiger partial charge in [0.25, 0.3) is 0 Å². The summed E-state index contributed by atoms with van der Waals surface area (Å²) in [5.74, 6) is 0.235. The summed E-state index contributed by atoms with van der Waals surface area (Å²) in [6.45, 7) is 0.170. The molecule has 0 aliphatic heterocycles. The fraction of sp³-hybridized carbons (Fsp3) is 0.231. The highest BCUT2D eigenvalue weighted by Crippen LogP contribution is 2.44. The van der Waals surface area contributed by atoms with Crippen LogP contribution in [0.15, 0.2) is 72.8 Å². The van der Waals surface area contributed by atoms with Crippen molar-refractivity contribution in [2.75, 3.05) is 20.3 Å². The molecule has 1 aliphatic carbocycles. The number of methoxy groups -OCH3 is 1. The molecule has 3 aromatic rings. The smallest absolute Gasteiger partial charge is 0.407 e. The van der Waals surface area contributed by atoms with Gasteiger partial charge in [0.2, 0.25) is 0 Å². The first-order valence-corrected chi connectivity index (χ1v) is 11.7. The van der Waals surface area contributed by atoms with Crippen molar-refractivity contribution in [2.45, 2.75) is 16.9 Å². The van der Waals surface area contributed by atoms with Crippen LogP contribution in [-0.2, 0) is 15.3 Å². The van der Waals surface area contributed by atoms with Gasteiger partial charge in [-0.05, 0) is 39.9 Å². The van der Waals surface area contributed by atoms with Crippen LogP contribution in [0.25, 0.3) is 11.1 Å². The Morgan fingerprint density at radius 2 is 1.58 bits per heavy atom. The Labute approximate surface area is 196 Å². The third-order valence-electron chi connectivity index (χ3n) is 5.66. The number of alkyl carbamates (subject to hydrolysis) is 1. The van der Waals surface area contributed by atoms with E-state index in [-0.39, 0.29) is 19.1 Å². The summed E-state index contributed by atoms with van der Waals surface area (Å²) < 4.78 is 10.6. The highest BCUT2D eigenvalue weighted by molar-refractivity contribution is 7.99. The largest absolute Gasteiger partial charge is 0.497 e. The van der Waals surface area contributed by atoms with Crippen molar-refractivity contribution in [3.8, 4) is 16.9 Å². The number of nitrogens with one attached hydrogen (secondary N) is 1. The fourth-order valence-corrected chi connectivity index (χ4v) is 4.89. The molecule has 2 N–H and O–H groups in total. The van der Waals surface area contributed by atoms with Gasteiger partial charge < -0.3 is 19.9 Å². The first-order valence-electron chi connectivity index (χ1n) is 10.6. The van der Waals surface area contributed by atoms with Crippen molar-refractivity contribution in [1.29, 1.82) is 0 Å². The number of benzene rings is 3. The summed E-state index contributed by atoms with van der Waals surface area (Å²) in [5.41, 5.74) is 5.55. The Bertz CT molecular complexity index is 1090. The van der Waals surface area contributed by atoms with Gasteiger partial charge in [-0.25, -0.2) is 4.79 Å². The molecular formula is C26H25NO5S. The standard InChI is InChI=1S/C26H25NO5S/c1-31-18-12-10-17(11-13-18)16-33-24(25(28)29)14-27-26(30)32-15-23-21-8-4-2-6-19(21)20-7-3-5-9-22(20)23/h2-13,23-24H,14-16H2,1H3,(H,27,30)(H,28,29). The molecule has 0 radical (unpaired) electrons. The number of thioether (sulfide) groups is 1. The number of ether oxygens (including phenoxy) is 2. The molecule has 0 bridgehead atoms. The normalized spacial score (nSPS) is 13.0. The zero-order valence-electron chi connectivity index (χ0n) is 18.2. The van der Waals surface area contributed by atoms with Gasteiger partial charge in [0.05, 0.1) is 7.11 Å². The minimum Gasteiger partial charge on any atom is -0.497 e. The van der Waals surface area contributed by atoms with Crippen molar-refractivity contribution in [2.24, 2.45) is 0 Å². The number of rotatable bonds is 9. The highest BCUT2D eigenvalue weighted by Gasteiger charge is 2.29. The molecule has 4 rings (SSSR count). The molecule has 1 unspecified atom stereocenters. The van der Waals surface area contributed by atoms with E-state index in [0.717, 1.165) is 33.6 Å². The Morgan fingerprint density at radius 3 is 2.15 bits per heavy atom. The van der Waals surface area contributed by atoms with E-state index >= 15 is 0 Å². The predicted octanol–water partition coefficient (Wildman–Crippen LogP) is 4.92. The third-order valence-corrected chi connectivity index (χ3v) is 6.93. The number of carbonyl (C=O) groups excluding carboxylic acids is 1. The molecule has 1 aliphatic rings. The number of aliphatic carboxylic acids is 1. The topological polar surface area (TPSA) is 84.9 Å². The van der Waals surface area contributed by atoms with E-state index in [0.29, 0.717) is 5.75 Å². The molecule has 1 atom stereocenters. The summed E-state index contributed by atoms with van der Waals surface area (Å²) in [6, 6.07) is 23.7. The molecule has 6 nitrogen and oxygen atoms in total. The second-order valence-electron chi connectivity index (χ2n) is 7.69. The van der Waals surface area contributed by atoms with Crippen LogP contribution in [0.5, 0.6) is 5.75 Å². The second-order valence-corrected chi connectivity index (χ2v) is 8.88. The van der Waals surface area contributed by atoms with Crippen LogP contribution in [0.1, 0.15) is 22.6 Å². The SMILES string of the molecule is COc1ccc(CSC(CNC(=O)OCC2c3ccccc3-c3ccccc32)C(=O)O)cc1. The van der Waals surface area contributed by atoms with Gasteiger partial charge in [-0.1, -0.05) is 60.7 Å². The molecule has 7 heteroatoms. The summed E-state index contributed by atoms with van der Waals surface area (Å²) in [6.07, 6.45) is -0.617. The fourth-order valence-electron chi connectivity index (χ4n) is 3.96. The molecule has 0 aromatic heterocycles. The molecule has 3 aromatic carbocycles. The summed E-state index contributed by atoms with van der Waals surface area (Å²) in [5, 5.41) is 11.4. The zero-order chi connectivity index (χ0) is 23.2. The van der Waals surface area contributed by atoms with Crippen molar-refractivity contribution in [3.63, 3.8) is 0 Å². The number of carboxylic acids is 1. The van der Waals surface area contributed by atoms with Crippen LogP contribution >= 0.6 is 11.8 Å². The maximum atomic E-state index is 12.3. The number of hydrogen-bond donors (Lipinski definition) is 2. The third kappa shape index (κ3) is 5.31. The van der Waals surface area contributed by atoms with Crippen molar-refractivity contribution >= 4 is 23.8 Å². The highest BCUT2D eigenvalue weighted by atomic mass is 32.2. The first-order chi connectivity index (χ1) is 16.1. The lowest BCUT2D eigenvalue weighted by Gasteiger charge is -2.16. The lowest BCUT2D eigenvalue weighted by atomic mass is 9.98. The molecule has 170 valence electrons. The van der Waals surface area contributed by atoms with Crippen LogP contribution in [0.3, 0.4) is 0 Å². The van der Waals surface area contributed by atoms with Gasteiger partial charge in [-0.2, -0.15) is 0 Å². The van der Waals surface area contributed by atoms with Gasteiger partial charge >= 0.3 is 12.1 Å². The van der Waals surface area contributed by atoms with Crippen molar-refractivity contribution in [3.05, 3.63) is 89.5 Å². The first kappa shape index (κ1) is 22.7. The van der Waals surface area contributed by atoms with Crippen LogP contribution in [0.4, 0.5) is 4.79 Å². The van der Waals surface area contributed by atoms with Crippen molar-refractivity contribution < 1.29 is 24.2 Å². The van der Waals surface area contributed by atoms with E-state index in [9.17, 15) is 14.7 Å². The minimum absolute atomic E-state index is 0.0210. The molecule has 1 amide bonds. The predicted molar refractivity (Wildman–Crippen MR) is 129 cm³/mol. The van der Waals surface area contributed by atoms with E-state index < -0.39 is 17.3 Å². The van der Waals surface area contributed by atoms with Crippen LogP contribution in [0.2, 0.25) is 0 Å². The summed E-state index contributed by atoms with van der Waals surface area (Å²) in [4.78, 5) is 24.0. The van der Waals surface area contributed by atoms with Crippen molar-refractivity contribution in [1.82, 2.24) is 5.32 Å². The van der Waals surface area contributed by atoms with E-state index in [4.69, 9.17) is 9.47 Å². The Morgan fingerprint density at radius 1 is 0.970 bits per heavy atom. The van der Waals surface area contributed by atoms with Gasteiger partial charge in [-0.15, -0.1) is 11.8 Å². The maximum Gasteiger partial charge on any atom is 0.407 e. The van der Waals surface area contributed by atoms with Gasteiger partial charge in [0.1, 0.15) is 17.6 Å². The maximum absolute atomic E-state index is 12.3.